The molecule has 0 spiro atoms. The molecule has 6 atom stereocenters. The molecule has 224 valence electrons. The second-order valence-corrected chi connectivity index (χ2v) is 13.2. The monoisotopic (exact) mass is 614 g/mol. The zero-order valence-corrected chi connectivity index (χ0v) is 25.1. The zero-order chi connectivity index (χ0) is 30.2. The number of imidazole rings is 1. The summed E-state index contributed by atoms with van der Waals surface area (Å²) in [6, 6.07) is 7.31. The Kier molecular flexibility index (Phi) is 8.98. The van der Waals surface area contributed by atoms with Gasteiger partial charge in [0.25, 0.3) is 5.85 Å². The predicted octanol–water partition coefficient (Wildman–Crippen LogP) is 3.71. The Balaban J connectivity index is 1.61. The van der Waals surface area contributed by atoms with Gasteiger partial charge in [0.2, 0.25) is 0 Å². The predicted molar refractivity (Wildman–Crippen MR) is 150 cm³/mol. The first kappa shape index (κ1) is 31.1. The number of aliphatic hydroxyl groups is 1. The van der Waals surface area contributed by atoms with Gasteiger partial charge in [0, 0.05) is 7.05 Å². The molecule has 3 heterocycles. The number of hydrogen-bond acceptors (Lipinski definition) is 11. The summed E-state index contributed by atoms with van der Waals surface area (Å²) < 4.78 is 55.8. The van der Waals surface area contributed by atoms with E-state index in [4.69, 9.17) is 30.3 Å². The lowest BCUT2D eigenvalue weighted by Crippen LogP contribution is -2.47. The first-order valence-corrected chi connectivity index (χ1v) is 15.4. The van der Waals surface area contributed by atoms with Gasteiger partial charge in [0.15, 0.2) is 35.0 Å². The van der Waals surface area contributed by atoms with Crippen LogP contribution < -0.4 is 14.9 Å². The van der Waals surface area contributed by atoms with Gasteiger partial charge in [-0.1, -0.05) is 18.2 Å². The Labute approximate surface area is 241 Å². The van der Waals surface area contributed by atoms with Crippen molar-refractivity contribution < 1.29 is 37.2 Å². The average molecular weight is 615 g/mol. The molecule has 0 saturated carbocycles. The van der Waals surface area contributed by atoms with Crippen molar-refractivity contribution in [2.75, 3.05) is 19.0 Å². The number of nitrogens with zero attached hydrogens (tertiary/aromatic N) is 4. The minimum atomic E-state index is -3.71. The second kappa shape index (κ2) is 11.8. The second-order valence-electron chi connectivity index (χ2n) is 10.0. The van der Waals surface area contributed by atoms with Crippen molar-refractivity contribution in [1.82, 2.24) is 24.6 Å². The fraction of sp³-hybridized carbons (Fsp3) is 0.520. The van der Waals surface area contributed by atoms with E-state index in [0.29, 0.717) is 17.2 Å². The highest BCUT2D eigenvalue weighted by atomic mass is 32.5. The van der Waals surface area contributed by atoms with Crippen LogP contribution in [0.15, 0.2) is 36.7 Å². The maximum atomic E-state index is 16.3. The lowest BCUT2D eigenvalue weighted by atomic mass is 9.97. The Morgan fingerprint density at radius 1 is 1.27 bits per heavy atom. The number of anilines is 1. The smallest absolute Gasteiger partial charge is 0.323 e. The van der Waals surface area contributed by atoms with E-state index in [2.05, 4.69) is 25.4 Å². The average Bonchev–Trinajstić information content (AvgIpc) is 3.39. The van der Waals surface area contributed by atoms with Crippen LogP contribution >= 0.6 is 6.64 Å². The molecule has 4 rings (SSSR count). The molecule has 0 bridgehead atoms. The summed E-state index contributed by atoms with van der Waals surface area (Å²) in [5.74, 6) is -2.69. The number of nitrogens with one attached hydrogen (secondary N) is 2. The van der Waals surface area contributed by atoms with Crippen molar-refractivity contribution in [3.8, 4) is 5.75 Å². The van der Waals surface area contributed by atoms with Crippen LogP contribution in [0.25, 0.3) is 11.2 Å². The number of carbonyl (C=O) groups is 1. The first-order chi connectivity index (χ1) is 19.2. The molecule has 1 saturated heterocycles. The number of carbonyl (C=O) groups excluding carboxylic acids is 1. The molecule has 1 fully saturated rings. The number of rotatable bonds is 11. The number of aromatic nitrogens is 4. The third kappa shape index (κ3) is 6.50. The van der Waals surface area contributed by atoms with E-state index in [1.54, 1.807) is 58.2 Å². The van der Waals surface area contributed by atoms with Crippen LogP contribution in [0, 0.1) is 6.92 Å². The lowest BCUT2D eigenvalue weighted by molar-refractivity contribution is -0.202. The van der Waals surface area contributed by atoms with Crippen LogP contribution in [0.5, 0.6) is 5.75 Å². The Morgan fingerprint density at radius 3 is 2.59 bits per heavy atom. The van der Waals surface area contributed by atoms with Gasteiger partial charge in [0.1, 0.15) is 24.2 Å². The quantitative estimate of drug-likeness (QED) is 0.214. The summed E-state index contributed by atoms with van der Waals surface area (Å²) >= 11 is 5.60. The van der Waals surface area contributed by atoms with Gasteiger partial charge in [-0.05, 0) is 58.6 Å². The number of hydrogen-bond donors (Lipinski definition) is 3. The highest BCUT2D eigenvalue weighted by Gasteiger charge is 2.65. The maximum Gasteiger partial charge on any atom is 0.323 e. The van der Waals surface area contributed by atoms with Crippen molar-refractivity contribution in [3.63, 3.8) is 0 Å². The fourth-order valence-corrected chi connectivity index (χ4v) is 6.64. The van der Waals surface area contributed by atoms with E-state index < -0.39 is 55.2 Å². The number of alkyl halides is 2. The highest BCUT2D eigenvalue weighted by Crippen LogP contribution is 2.52. The number of benzene rings is 1. The maximum absolute atomic E-state index is 16.3. The first-order valence-electron chi connectivity index (χ1n) is 12.8. The fourth-order valence-electron chi connectivity index (χ4n) is 4.24. The largest absolute Gasteiger partial charge is 0.462 e. The van der Waals surface area contributed by atoms with Crippen molar-refractivity contribution in [3.05, 3.63) is 42.5 Å². The number of halogens is 2. The van der Waals surface area contributed by atoms with Gasteiger partial charge in [-0.15, -0.1) is 0 Å². The number of aliphatic hydroxyl groups excluding tert-OH is 1. The third-order valence-corrected chi connectivity index (χ3v) is 8.69. The van der Waals surface area contributed by atoms with Gasteiger partial charge in [0.05, 0.1) is 12.4 Å². The Bertz CT molecular complexity index is 1450. The molecule has 1 aromatic carbocycles. The minimum Gasteiger partial charge on any atom is -0.462 e. The van der Waals surface area contributed by atoms with Gasteiger partial charge >= 0.3 is 12.6 Å². The van der Waals surface area contributed by atoms with Gasteiger partial charge in [-0.3, -0.25) is 9.36 Å². The van der Waals surface area contributed by atoms with Crippen LogP contribution in [-0.4, -0.2) is 74.0 Å². The van der Waals surface area contributed by atoms with Crippen LogP contribution in [0.1, 0.15) is 39.7 Å². The molecular formula is C25H33F2N6O6PS. The molecule has 41 heavy (non-hydrogen) atoms. The summed E-state index contributed by atoms with van der Waals surface area (Å²) in [6.45, 7) is 2.74. The zero-order valence-electron chi connectivity index (χ0n) is 23.4. The molecule has 0 amide bonds. The third-order valence-electron chi connectivity index (χ3n) is 6.21. The van der Waals surface area contributed by atoms with Gasteiger partial charge in [-0.2, -0.15) is 0 Å². The van der Waals surface area contributed by atoms with Crippen LogP contribution in [0.3, 0.4) is 0 Å². The van der Waals surface area contributed by atoms with Crippen molar-refractivity contribution >= 4 is 41.4 Å². The van der Waals surface area contributed by atoms with Crippen LogP contribution in [-0.2, 0) is 30.6 Å². The summed E-state index contributed by atoms with van der Waals surface area (Å²) in [7, 11) is 1.64. The Hall–Kier alpha value is -2.81. The van der Waals surface area contributed by atoms with E-state index >= 15 is 8.78 Å². The molecule has 0 radical (unpaired) electrons. The van der Waals surface area contributed by atoms with Crippen LogP contribution in [0.4, 0.5) is 14.6 Å². The minimum absolute atomic E-state index is 0.171. The van der Waals surface area contributed by atoms with E-state index in [1.807, 2.05) is 0 Å². The molecule has 1 aliphatic rings. The molecule has 2 aromatic heterocycles. The lowest BCUT2D eigenvalue weighted by Gasteiger charge is -2.30. The molecular weight excluding hydrogens is 581 g/mol. The summed E-state index contributed by atoms with van der Waals surface area (Å²) in [5.41, 5.74) is -2.18. The molecule has 0 unspecified atom stereocenters. The Morgan fingerprint density at radius 2 is 1.95 bits per heavy atom. The number of aryl methyl sites for hydroxylation is 1. The molecule has 1 aliphatic heterocycles. The van der Waals surface area contributed by atoms with E-state index in [0.717, 1.165) is 6.92 Å². The number of esters is 1. The molecule has 16 heteroatoms. The summed E-state index contributed by atoms with van der Waals surface area (Å²) in [6.07, 6.45) is -3.16. The topological polar surface area (TPSA) is 142 Å². The molecule has 12 nitrogen and oxygen atoms in total. The highest BCUT2D eigenvalue weighted by molar-refractivity contribution is 8.09. The van der Waals surface area contributed by atoms with E-state index in [-0.39, 0.29) is 11.4 Å². The molecule has 3 aromatic rings. The van der Waals surface area contributed by atoms with Crippen LogP contribution in [0.2, 0.25) is 0 Å². The molecule has 3 N–H and O–H groups in total. The van der Waals surface area contributed by atoms with Crippen molar-refractivity contribution in [2.45, 2.75) is 70.6 Å². The standard InChI is InChI=1S/C25H33F2N6O6PS/c1-14(2)37-21(34)15(3)32-40(41,39-17-10-8-7-9-11-17)36-12-25(27)22(35)24(5,26)23(38-25)33-13-29-18-19(28-6)30-16(4)31-20(18)33/h7-11,13-15,22-23,35H,12H2,1-6H3,(H,32,41)(H,28,30,31)/t15-,22+,23-,24-,25-,40+/m1/s1. The number of fused-ring (bicyclic) bond motifs is 1. The van der Waals surface area contributed by atoms with E-state index in [1.165, 1.54) is 17.8 Å². The van der Waals surface area contributed by atoms with E-state index in [9.17, 15) is 9.90 Å². The normalized spacial score (nSPS) is 26.6. The molecule has 0 aliphatic carbocycles. The number of para-hydroxylation sites is 1. The summed E-state index contributed by atoms with van der Waals surface area (Å²) in [5, 5.41) is 16.5. The van der Waals surface area contributed by atoms with Gasteiger partial charge < -0.3 is 28.9 Å². The summed E-state index contributed by atoms with van der Waals surface area (Å²) in [4.78, 5) is 25.2. The SMILES string of the molecule is CNc1nc(C)nc2c1ncn2[C@@H]1O[C@](F)(CO[P@@](=S)(N[C@H](C)C(=O)OC(C)C)Oc2ccccc2)[C@@H](O)[C@@]1(C)F. The van der Waals surface area contributed by atoms with Gasteiger partial charge in [-0.25, -0.2) is 28.8 Å². The number of ether oxygens (including phenoxy) is 2. The van der Waals surface area contributed by atoms with Crippen molar-refractivity contribution in [1.29, 1.82) is 0 Å². The van der Waals surface area contributed by atoms with Crippen molar-refractivity contribution in [2.24, 2.45) is 0 Å².